The van der Waals surface area contributed by atoms with Crippen LogP contribution in [0.25, 0.3) is 0 Å². The van der Waals surface area contributed by atoms with Crippen molar-refractivity contribution in [2.24, 2.45) is 0 Å². The largest absolute Gasteiger partial charge is 0.490 e. The van der Waals surface area contributed by atoms with E-state index in [0.717, 1.165) is 10.0 Å². The Kier molecular flexibility index (Phi) is 7.25. The van der Waals surface area contributed by atoms with Crippen LogP contribution < -0.4 is 15.4 Å². The molecule has 3 aromatic rings. The zero-order valence-electron chi connectivity index (χ0n) is 16.8. The topological polar surface area (TPSA) is 67.4 Å². The second kappa shape index (κ2) is 10.1. The summed E-state index contributed by atoms with van der Waals surface area (Å²) in [4.78, 5) is 25.1. The Bertz CT molecular complexity index is 1040. The zero-order chi connectivity index (χ0) is 21.5. The van der Waals surface area contributed by atoms with E-state index in [1.165, 1.54) is 0 Å². The number of ether oxygens (including phenoxy) is 1. The van der Waals surface area contributed by atoms with E-state index in [-0.39, 0.29) is 24.3 Å². The molecule has 0 atom stereocenters. The monoisotopic (exact) mass is 466 g/mol. The van der Waals surface area contributed by atoms with E-state index in [1.54, 1.807) is 36.4 Å². The third kappa shape index (κ3) is 6.19. The van der Waals surface area contributed by atoms with Crippen molar-refractivity contribution < 1.29 is 14.3 Å². The minimum absolute atomic E-state index is 0.0547. The van der Waals surface area contributed by atoms with Crippen molar-refractivity contribution in [3.05, 3.63) is 88.4 Å². The van der Waals surface area contributed by atoms with Gasteiger partial charge >= 0.3 is 0 Å². The number of benzene rings is 3. The third-order valence-corrected chi connectivity index (χ3v) is 4.65. The molecule has 0 unspecified atom stereocenters. The number of carbonyl (C=O) groups is 2. The SMILES string of the molecule is CC(C)Oc1ccc(Br)cc1C(=O)Nc1cccc(NC(=O)Cc2ccccc2)c1. The Balaban J connectivity index is 1.70. The molecule has 0 aromatic heterocycles. The number of halogens is 1. The molecular formula is C24H23BrN2O3. The van der Waals surface area contributed by atoms with Crippen molar-refractivity contribution in [3.63, 3.8) is 0 Å². The van der Waals surface area contributed by atoms with Crippen molar-refractivity contribution in [3.8, 4) is 5.75 Å². The third-order valence-electron chi connectivity index (χ3n) is 4.16. The molecule has 0 aliphatic carbocycles. The van der Waals surface area contributed by atoms with Crippen LogP contribution in [0.3, 0.4) is 0 Å². The average Bonchev–Trinajstić information content (AvgIpc) is 2.70. The van der Waals surface area contributed by atoms with E-state index < -0.39 is 0 Å². The minimum atomic E-state index is -0.292. The molecule has 0 saturated carbocycles. The summed E-state index contributed by atoms with van der Waals surface area (Å²) in [6.07, 6.45) is 0.228. The van der Waals surface area contributed by atoms with Gasteiger partial charge in [-0.05, 0) is 55.8 Å². The van der Waals surface area contributed by atoms with Crippen molar-refractivity contribution in [2.45, 2.75) is 26.4 Å². The second-order valence-electron chi connectivity index (χ2n) is 7.05. The molecule has 3 aromatic carbocycles. The first-order valence-corrected chi connectivity index (χ1v) is 10.4. The van der Waals surface area contributed by atoms with Gasteiger partial charge in [0.25, 0.3) is 5.91 Å². The van der Waals surface area contributed by atoms with Crippen molar-refractivity contribution >= 4 is 39.1 Å². The van der Waals surface area contributed by atoms with E-state index in [2.05, 4.69) is 26.6 Å². The van der Waals surface area contributed by atoms with E-state index in [9.17, 15) is 9.59 Å². The fraction of sp³-hybridized carbons (Fsp3) is 0.167. The number of anilines is 2. The highest BCUT2D eigenvalue weighted by molar-refractivity contribution is 9.10. The van der Waals surface area contributed by atoms with Crippen LogP contribution in [0.1, 0.15) is 29.8 Å². The molecular weight excluding hydrogens is 444 g/mol. The summed E-state index contributed by atoms with van der Waals surface area (Å²) >= 11 is 3.40. The molecule has 2 N–H and O–H groups in total. The summed E-state index contributed by atoms with van der Waals surface area (Å²) < 4.78 is 6.54. The van der Waals surface area contributed by atoms with Crippen LogP contribution in [0, 0.1) is 0 Å². The number of nitrogens with one attached hydrogen (secondary N) is 2. The smallest absolute Gasteiger partial charge is 0.259 e. The van der Waals surface area contributed by atoms with Crippen molar-refractivity contribution in [1.29, 1.82) is 0 Å². The summed E-state index contributed by atoms with van der Waals surface area (Å²) in [5, 5.41) is 5.74. The Morgan fingerprint density at radius 1 is 0.900 bits per heavy atom. The van der Waals surface area contributed by atoms with Crippen LogP contribution in [0.15, 0.2) is 77.3 Å². The fourth-order valence-electron chi connectivity index (χ4n) is 2.90. The molecule has 0 heterocycles. The molecule has 0 spiro atoms. The lowest BCUT2D eigenvalue weighted by Gasteiger charge is -2.15. The molecule has 154 valence electrons. The highest BCUT2D eigenvalue weighted by Crippen LogP contribution is 2.26. The van der Waals surface area contributed by atoms with E-state index in [1.807, 2.05) is 50.2 Å². The standard InChI is InChI=1S/C24H23BrN2O3/c1-16(2)30-22-12-11-18(25)14-21(22)24(29)27-20-10-6-9-19(15-20)26-23(28)13-17-7-4-3-5-8-17/h3-12,14-16H,13H2,1-2H3,(H,26,28)(H,27,29). The van der Waals surface area contributed by atoms with Gasteiger partial charge in [0.05, 0.1) is 18.1 Å². The Labute approximate surface area is 184 Å². The van der Waals surface area contributed by atoms with Gasteiger partial charge in [-0.25, -0.2) is 0 Å². The Morgan fingerprint density at radius 3 is 2.30 bits per heavy atom. The summed E-state index contributed by atoms with van der Waals surface area (Å²) in [5.74, 6) is 0.0991. The zero-order valence-corrected chi connectivity index (χ0v) is 18.4. The fourth-order valence-corrected chi connectivity index (χ4v) is 3.26. The van der Waals surface area contributed by atoms with Gasteiger partial charge in [0.1, 0.15) is 5.75 Å². The first kappa shape index (κ1) is 21.6. The molecule has 0 bridgehead atoms. The molecule has 5 nitrogen and oxygen atoms in total. The number of hydrogen-bond donors (Lipinski definition) is 2. The highest BCUT2D eigenvalue weighted by atomic mass is 79.9. The number of rotatable bonds is 7. The predicted molar refractivity (Wildman–Crippen MR) is 123 cm³/mol. The highest BCUT2D eigenvalue weighted by Gasteiger charge is 2.15. The predicted octanol–water partition coefficient (Wildman–Crippen LogP) is 5.67. The number of amides is 2. The van der Waals surface area contributed by atoms with Gasteiger partial charge in [0.15, 0.2) is 0 Å². The van der Waals surface area contributed by atoms with Crippen LogP contribution in [-0.4, -0.2) is 17.9 Å². The molecule has 6 heteroatoms. The van der Waals surface area contributed by atoms with Crippen LogP contribution >= 0.6 is 15.9 Å². The Morgan fingerprint density at radius 2 is 1.60 bits per heavy atom. The van der Waals surface area contributed by atoms with E-state index in [4.69, 9.17) is 4.74 Å². The second-order valence-corrected chi connectivity index (χ2v) is 7.97. The minimum Gasteiger partial charge on any atom is -0.490 e. The Hall–Kier alpha value is -3.12. The molecule has 30 heavy (non-hydrogen) atoms. The normalized spacial score (nSPS) is 10.5. The van der Waals surface area contributed by atoms with Gasteiger partial charge in [-0.15, -0.1) is 0 Å². The molecule has 0 fully saturated rings. The summed E-state index contributed by atoms with van der Waals surface area (Å²) in [6.45, 7) is 3.82. The van der Waals surface area contributed by atoms with Gasteiger partial charge in [0, 0.05) is 15.8 Å². The van der Waals surface area contributed by atoms with Crippen molar-refractivity contribution in [2.75, 3.05) is 10.6 Å². The quantitative estimate of drug-likeness (QED) is 0.471. The van der Waals surface area contributed by atoms with Gasteiger partial charge < -0.3 is 15.4 Å². The number of carbonyl (C=O) groups excluding carboxylic acids is 2. The molecule has 0 aliphatic rings. The molecule has 0 saturated heterocycles. The van der Waals surface area contributed by atoms with Gasteiger partial charge in [0.2, 0.25) is 5.91 Å². The first-order valence-electron chi connectivity index (χ1n) is 9.62. The molecule has 0 aliphatic heterocycles. The van der Waals surface area contributed by atoms with Gasteiger partial charge in [-0.2, -0.15) is 0 Å². The molecule has 2 amide bonds. The van der Waals surface area contributed by atoms with E-state index >= 15 is 0 Å². The van der Waals surface area contributed by atoms with Crippen LogP contribution in [-0.2, 0) is 11.2 Å². The van der Waals surface area contributed by atoms with Gasteiger partial charge in [-0.1, -0.05) is 52.3 Å². The van der Waals surface area contributed by atoms with Crippen LogP contribution in [0.2, 0.25) is 0 Å². The van der Waals surface area contributed by atoms with E-state index in [0.29, 0.717) is 22.7 Å². The maximum atomic E-state index is 12.8. The summed E-state index contributed by atoms with van der Waals surface area (Å²) in [6, 6.07) is 21.9. The molecule has 3 rings (SSSR count). The lowest BCUT2D eigenvalue weighted by molar-refractivity contribution is -0.115. The number of hydrogen-bond acceptors (Lipinski definition) is 3. The summed E-state index contributed by atoms with van der Waals surface area (Å²) in [5.41, 5.74) is 2.55. The van der Waals surface area contributed by atoms with Crippen LogP contribution in [0.4, 0.5) is 11.4 Å². The average molecular weight is 467 g/mol. The lowest BCUT2D eigenvalue weighted by atomic mass is 10.1. The first-order chi connectivity index (χ1) is 14.4. The lowest BCUT2D eigenvalue weighted by Crippen LogP contribution is -2.17. The molecule has 0 radical (unpaired) electrons. The summed E-state index contributed by atoms with van der Waals surface area (Å²) in [7, 11) is 0. The maximum Gasteiger partial charge on any atom is 0.259 e. The van der Waals surface area contributed by atoms with Gasteiger partial charge in [-0.3, -0.25) is 9.59 Å². The van der Waals surface area contributed by atoms with Crippen LogP contribution in [0.5, 0.6) is 5.75 Å². The van der Waals surface area contributed by atoms with Crippen molar-refractivity contribution in [1.82, 2.24) is 0 Å². The maximum absolute atomic E-state index is 12.8.